The Morgan fingerprint density at radius 1 is 1.20 bits per heavy atom. The molecule has 3 rings (SSSR count). The number of hydrogen-bond acceptors (Lipinski definition) is 4. The third-order valence-electron chi connectivity index (χ3n) is 6.05. The van der Waals surface area contributed by atoms with Gasteiger partial charge < -0.3 is 10.1 Å². The molecule has 164 valence electrons. The third kappa shape index (κ3) is 5.42. The van der Waals surface area contributed by atoms with Gasteiger partial charge in [-0.25, -0.2) is 4.68 Å². The van der Waals surface area contributed by atoms with Gasteiger partial charge in [-0.3, -0.25) is 9.69 Å². The number of hydrogen-bond donors (Lipinski definition) is 1. The molecule has 30 heavy (non-hydrogen) atoms. The quantitative estimate of drug-likeness (QED) is 0.655. The number of halogens is 1. The highest BCUT2D eigenvalue weighted by Crippen LogP contribution is 2.23. The van der Waals surface area contributed by atoms with E-state index in [1.807, 2.05) is 37.3 Å². The third-order valence-corrected chi connectivity index (χ3v) is 6.43. The Hall–Kier alpha value is -1.89. The van der Waals surface area contributed by atoms with Gasteiger partial charge in [-0.1, -0.05) is 68.6 Å². The van der Waals surface area contributed by atoms with Crippen LogP contribution in [0.3, 0.4) is 0 Å². The van der Waals surface area contributed by atoms with E-state index in [0.29, 0.717) is 41.5 Å². The molecule has 6 nitrogen and oxygen atoms in total. The molecule has 1 saturated heterocycles. The zero-order chi connectivity index (χ0) is 21.5. The van der Waals surface area contributed by atoms with Crippen LogP contribution in [-0.4, -0.2) is 59.5 Å². The second-order valence-electron chi connectivity index (χ2n) is 7.90. The first kappa shape index (κ1) is 22.8. The Balaban J connectivity index is 1.71. The molecule has 1 fully saturated rings. The summed E-state index contributed by atoms with van der Waals surface area (Å²) in [5.74, 6) is 0.377. The van der Waals surface area contributed by atoms with Crippen LogP contribution in [0.15, 0.2) is 30.3 Å². The highest BCUT2D eigenvalue weighted by molar-refractivity contribution is 6.33. The lowest BCUT2D eigenvalue weighted by atomic mass is 9.92. The summed E-state index contributed by atoms with van der Waals surface area (Å²) in [4.78, 5) is 15.5. The lowest BCUT2D eigenvalue weighted by Gasteiger charge is -2.38. The molecule has 1 N–H and O–H groups in total. The lowest BCUT2D eigenvalue weighted by molar-refractivity contribution is 0.00191. The van der Waals surface area contributed by atoms with Gasteiger partial charge in [0.15, 0.2) is 0 Å². The zero-order valence-corrected chi connectivity index (χ0v) is 19.0. The summed E-state index contributed by atoms with van der Waals surface area (Å²) >= 11 is 6.57. The van der Waals surface area contributed by atoms with E-state index < -0.39 is 0 Å². The van der Waals surface area contributed by atoms with Crippen molar-refractivity contribution in [3.63, 3.8) is 0 Å². The number of carbonyl (C=O) groups excluding carboxylic acids is 1. The van der Waals surface area contributed by atoms with Gasteiger partial charge in [0.2, 0.25) is 0 Å². The van der Waals surface area contributed by atoms with Crippen molar-refractivity contribution < 1.29 is 9.53 Å². The minimum Gasteiger partial charge on any atom is -0.379 e. The zero-order valence-electron chi connectivity index (χ0n) is 18.2. The maximum atomic E-state index is 13.0. The number of amides is 1. The highest BCUT2D eigenvalue weighted by atomic mass is 35.5. The summed E-state index contributed by atoms with van der Waals surface area (Å²) in [6, 6.07) is 10.3. The molecule has 1 amide bonds. The average Bonchev–Trinajstić information content (AvgIpc) is 3.05. The van der Waals surface area contributed by atoms with E-state index in [4.69, 9.17) is 16.3 Å². The number of rotatable bonds is 9. The Kier molecular flexibility index (Phi) is 8.31. The van der Waals surface area contributed by atoms with Crippen LogP contribution >= 0.6 is 11.6 Å². The van der Waals surface area contributed by atoms with Gasteiger partial charge in [0.1, 0.15) is 5.15 Å². The van der Waals surface area contributed by atoms with Crippen LogP contribution < -0.4 is 5.32 Å². The van der Waals surface area contributed by atoms with Gasteiger partial charge in [0.05, 0.1) is 31.0 Å². The Morgan fingerprint density at radius 2 is 1.87 bits per heavy atom. The van der Waals surface area contributed by atoms with Gasteiger partial charge in [-0.05, 0) is 18.4 Å². The lowest BCUT2D eigenvalue weighted by Crippen LogP contribution is -2.52. The fourth-order valence-electron chi connectivity index (χ4n) is 4.29. The first-order valence-electron chi connectivity index (χ1n) is 10.9. The monoisotopic (exact) mass is 432 g/mol. The SMILES string of the molecule is CCC(CC)C(CNC(=O)c1c(C)nn(Cc2ccccc2)c1Cl)N1CCOCC1. The van der Waals surface area contributed by atoms with Gasteiger partial charge in [0, 0.05) is 25.7 Å². The van der Waals surface area contributed by atoms with Crippen molar-refractivity contribution in [1.82, 2.24) is 20.0 Å². The van der Waals surface area contributed by atoms with Gasteiger partial charge >= 0.3 is 0 Å². The van der Waals surface area contributed by atoms with Crippen molar-refractivity contribution >= 4 is 17.5 Å². The van der Waals surface area contributed by atoms with Crippen molar-refractivity contribution in [2.75, 3.05) is 32.8 Å². The number of benzene rings is 1. The molecule has 1 aliphatic rings. The molecule has 2 heterocycles. The number of carbonyl (C=O) groups is 1. The molecule has 0 radical (unpaired) electrons. The molecule has 0 bridgehead atoms. The van der Waals surface area contributed by atoms with Crippen LogP contribution in [-0.2, 0) is 11.3 Å². The Morgan fingerprint density at radius 3 is 2.50 bits per heavy atom. The second kappa shape index (κ2) is 10.9. The maximum Gasteiger partial charge on any atom is 0.256 e. The van der Waals surface area contributed by atoms with Crippen LogP contribution in [0.25, 0.3) is 0 Å². The molecule has 2 aromatic rings. The van der Waals surface area contributed by atoms with E-state index in [0.717, 1.165) is 44.7 Å². The molecule has 1 unspecified atom stereocenters. The van der Waals surface area contributed by atoms with Crippen molar-refractivity contribution in [3.05, 3.63) is 52.3 Å². The standard InChI is InChI=1S/C23H33ClN4O2/c1-4-19(5-2)20(27-11-13-30-14-12-27)15-25-23(29)21-17(3)26-28(22(21)24)16-18-9-7-6-8-10-18/h6-10,19-20H,4-5,11-16H2,1-3H3,(H,25,29). The summed E-state index contributed by atoms with van der Waals surface area (Å²) in [6.45, 7) is 10.7. The highest BCUT2D eigenvalue weighted by Gasteiger charge is 2.28. The van der Waals surface area contributed by atoms with Crippen LogP contribution in [0, 0.1) is 12.8 Å². The fourth-order valence-corrected chi connectivity index (χ4v) is 4.61. The summed E-state index contributed by atoms with van der Waals surface area (Å²) < 4.78 is 7.21. The molecule has 7 heteroatoms. The van der Waals surface area contributed by atoms with E-state index in [-0.39, 0.29) is 5.91 Å². The second-order valence-corrected chi connectivity index (χ2v) is 8.25. The predicted molar refractivity (Wildman–Crippen MR) is 120 cm³/mol. The van der Waals surface area contributed by atoms with E-state index >= 15 is 0 Å². The predicted octanol–water partition coefficient (Wildman–Crippen LogP) is 3.76. The summed E-state index contributed by atoms with van der Waals surface area (Å²) in [5.41, 5.74) is 2.21. The summed E-state index contributed by atoms with van der Waals surface area (Å²) in [7, 11) is 0. The smallest absolute Gasteiger partial charge is 0.256 e. The molecule has 1 aliphatic heterocycles. The number of aryl methyl sites for hydroxylation is 1. The fraction of sp³-hybridized carbons (Fsp3) is 0.565. The minimum absolute atomic E-state index is 0.152. The Labute approximate surface area is 184 Å². The average molecular weight is 433 g/mol. The van der Waals surface area contributed by atoms with Crippen LogP contribution in [0.1, 0.15) is 48.3 Å². The van der Waals surface area contributed by atoms with E-state index in [1.54, 1.807) is 4.68 Å². The van der Waals surface area contributed by atoms with Crippen molar-refractivity contribution in [2.45, 2.75) is 46.2 Å². The molecule has 1 aromatic carbocycles. The molecule has 0 saturated carbocycles. The normalized spacial score (nSPS) is 16.0. The molecular formula is C23H33ClN4O2. The Bertz CT molecular complexity index is 814. The number of nitrogens with zero attached hydrogens (tertiary/aromatic N) is 3. The van der Waals surface area contributed by atoms with Crippen LogP contribution in [0.4, 0.5) is 0 Å². The summed E-state index contributed by atoms with van der Waals surface area (Å²) in [5, 5.41) is 8.04. The summed E-state index contributed by atoms with van der Waals surface area (Å²) in [6.07, 6.45) is 2.17. The number of aromatic nitrogens is 2. The van der Waals surface area contributed by atoms with Crippen LogP contribution in [0.5, 0.6) is 0 Å². The van der Waals surface area contributed by atoms with Crippen LogP contribution in [0.2, 0.25) is 5.15 Å². The van der Waals surface area contributed by atoms with Crippen molar-refractivity contribution in [2.24, 2.45) is 5.92 Å². The molecule has 1 aromatic heterocycles. The molecule has 0 spiro atoms. The first-order chi connectivity index (χ1) is 14.5. The molecule has 0 aliphatic carbocycles. The number of nitrogens with one attached hydrogen (secondary N) is 1. The van der Waals surface area contributed by atoms with Crippen molar-refractivity contribution in [3.8, 4) is 0 Å². The van der Waals surface area contributed by atoms with E-state index in [9.17, 15) is 4.79 Å². The molecule has 1 atom stereocenters. The topological polar surface area (TPSA) is 59.4 Å². The minimum atomic E-state index is -0.152. The van der Waals surface area contributed by atoms with E-state index in [1.165, 1.54) is 0 Å². The number of morpholine rings is 1. The maximum absolute atomic E-state index is 13.0. The van der Waals surface area contributed by atoms with Crippen molar-refractivity contribution in [1.29, 1.82) is 0 Å². The van der Waals surface area contributed by atoms with Gasteiger partial charge in [-0.2, -0.15) is 5.10 Å². The molecular weight excluding hydrogens is 400 g/mol. The number of ether oxygens (including phenoxy) is 1. The first-order valence-corrected chi connectivity index (χ1v) is 11.3. The largest absolute Gasteiger partial charge is 0.379 e. The van der Waals surface area contributed by atoms with Gasteiger partial charge in [0.25, 0.3) is 5.91 Å². The van der Waals surface area contributed by atoms with Gasteiger partial charge in [-0.15, -0.1) is 0 Å². The van der Waals surface area contributed by atoms with E-state index in [2.05, 4.69) is 29.2 Å².